The summed E-state index contributed by atoms with van der Waals surface area (Å²) >= 11 is 0. The Labute approximate surface area is 83.6 Å². The maximum Gasteiger partial charge on any atom is 0.211 e. The molecule has 2 unspecified atom stereocenters. The van der Waals surface area contributed by atoms with Crippen LogP contribution in [0.3, 0.4) is 0 Å². The van der Waals surface area contributed by atoms with Crippen LogP contribution in [0.25, 0.3) is 0 Å². The van der Waals surface area contributed by atoms with Gasteiger partial charge in [-0.2, -0.15) is 0 Å². The van der Waals surface area contributed by atoms with Crippen molar-refractivity contribution in [1.29, 1.82) is 0 Å². The molecule has 0 bridgehead atoms. The van der Waals surface area contributed by atoms with Gasteiger partial charge < -0.3 is 9.47 Å². The molecule has 0 saturated carbocycles. The Hall–Kier alpha value is -0.170. The average Bonchev–Trinajstić information content (AvgIpc) is 2.62. The minimum Gasteiger partial charge on any atom is -0.381 e. The zero-order valence-electron chi connectivity index (χ0n) is 7.94. The average molecular weight is 221 g/mol. The number of nitrogens with two attached hydrogens (primary N) is 1. The molecular formula is C8H15NO4S. The lowest BCUT2D eigenvalue weighted by atomic mass is 9.81. The first kappa shape index (κ1) is 10.4. The van der Waals surface area contributed by atoms with Gasteiger partial charge in [0, 0.05) is 18.6 Å². The highest BCUT2D eigenvalue weighted by atomic mass is 32.2. The van der Waals surface area contributed by atoms with Crippen LogP contribution in [0.4, 0.5) is 0 Å². The predicted molar refractivity (Wildman–Crippen MR) is 50.2 cm³/mol. The molecule has 0 aromatic heterocycles. The maximum absolute atomic E-state index is 11.0. The fourth-order valence-electron chi connectivity index (χ4n) is 2.25. The van der Waals surface area contributed by atoms with Crippen molar-refractivity contribution in [2.75, 3.05) is 25.6 Å². The molecule has 2 N–H and O–H groups in total. The highest BCUT2D eigenvalue weighted by Gasteiger charge is 2.48. The SMILES string of the molecule is NS(=O)(=O)CC1OCCC12CCOC2. The van der Waals surface area contributed by atoms with Gasteiger partial charge in [0.05, 0.1) is 18.5 Å². The second-order valence-electron chi connectivity index (χ2n) is 4.10. The van der Waals surface area contributed by atoms with Gasteiger partial charge in [-0.1, -0.05) is 0 Å². The van der Waals surface area contributed by atoms with E-state index in [0.717, 1.165) is 12.8 Å². The van der Waals surface area contributed by atoms with E-state index in [4.69, 9.17) is 14.6 Å². The van der Waals surface area contributed by atoms with Crippen molar-refractivity contribution >= 4 is 10.0 Å². The van der Waals surface area contributed by atoms with Gasteiger partial charge >= 0.3 is 0 Å². The molecule has 2 fully saturated rings. The lowest BCUT2D eigenvalue weighted by molar-refractivity contribution is 0.0560. The minimum atomic E-state index is -3.45. The van der Waals surface area contributed by atoms with Crippen LogP contribution in [0.2, 0.25) is 0 Å². The molecule has 2 rings (SSSR count). The number of rotatable bonds is 2. The molecule has 2 aliphatic heterocycles. The van der Waals surface area contributed by atoms with Crippen molar-refractivity contribution in [3.63, 3.8) is 0 Å². The Bertz CT molecular complexity index is 302. The van der Waals surface area contributed by atoms with Crippen LogP contribution in [0, 0.1) is 5.41 Å². The summed E-state index contributed by atoms with van der Waals surface area (Å²) < 4.78 is 32.7. The first-order valence-electron chi connectivity index (χ1n) is 4.72. The third-order valence-corrected chi connectivity index (χ3v) is 3.89. The van der Waals surface area contributed by atoms with Crippen molar-refractivity contribution in [2.24, 2.45) is 10.6 Å². The molecule has 2 atom stereocenters. The van der Waals surface area contributed by atoms with E-state index in [9.17, 15) is 8.42 Å². The normalized spacial score (nSPS) is 38.2. The van der Waals surface area contributed by atoms with Crippen LogP contribution >= 0.6 is 0 Å². The standard InChI is InChI=1S/C8H15NO4S/c9-14(10,11)5-7-8(2-4-13-7)1-3-12-6-8/h7H,1-6H2,(H2,9,10,11). The summed E-state index contributed by atoms with van der Waals surface area (Å²) in [5, 5.41) is 5.02. The summed E-state index contributed by atoms with van der Waals surface area (Å²) in [7, 11) is -3.45. The Morgan fingerprint density at radius 2 is 2.07 bits per heavy atom. The number of sulfonamides is 1. The molecule has 6 heteroatoms. The number of ether oxygens (including phenoxy) is 2. The molecule has 0 aliphatic carbocycles. The molecule has 2 heterocycles. The van der Waals surface area contributed by atoms with E-state index in [2.05, 4.69) is 0 Å². The Morgan fingerprint density at radius 1 is 1.36 bits per heavy atom. The molecule has 0 radical (unpaired) electrons. The minimum absolute atomic E-state index is 0.0869. The Morgan fingerprint density at radius 3 is 2.64 bits per heavy atom. The van der Waals surface area contributed by atoms with Crippen LogP contribution in [0.15, 0.2) is 0 Å². The van der Waals surface area contributed by atoms with Gasteiger partial charge in [0.15, 0.2) is 0 Å². The molecule has 82 valence electrons. The fraction of sp³-hybridized carbons (Fsp3) is 1.00. The quantitative estimate of drug-likeness (QED) is 0.680. The monoisotopic (exact) mass is 221 g/mol. The summed E-state index contributed by atoms with van der Waals surface area (Å²) in [4.78, 5) is 0. The third kappa shape index (κ3) is 1.93. The molecule has 1 spiro atoms. The van der Waals surface area contributed by atoms with E-state index in [1.165, 1.54) is 0 Å². The second-order valence-corrected chi connectivity index (χ2v) is 5.76. The summed E-state index contributed by atoms with van der Waals surface area (Å²) in [5.41, 5.74) is -0.0908. The number of primary sulfonamides is 1. The van der Waals surface area contributed by atoms with Crippen LogP contribution in [0.1, 0.15) is 12.8 Å². The van der Waals surface area contributed by atoms with Gasteiger partial charge in [0.25, 0.3) is 0 Å². The van der Waals surface area contributed by atoms with Gasteiger partial charge in [0.2, 0.25) is 10.0 Å². The molecular weight excluding hydrogens is 206 g/mol. The van der Waals surface area contributed by atoms with Crippen molar-refractivity contribution in [3.8, 4) is 0 Å². The first-order chi connectivity index (χ1) is 6.52. The highest BCUT2D eigenvalue weighted by molar-refractivity contribution is 7.89. The molecule has 5 nitrogen and oxygen atoms in total. The van der Waals surface area contributed by atoms with E-state index in [1.807, 2.05) is 0 Å². The van der Waals surface area contributed by atoms with Crippen LogP contribution in [-0.2, 0) is 19.5 Å². The molecule has 2 aliphatic rings. The zero-order chi connectivity index (χ0) is 10.2. The molecule has 14 heavy (non-hydrogen) atoms. The number of hydrogen-bond donors (Lipinski definition) is 1. The maximum atomic E-state index is 11.0. The summed E-state index contributed by atoms with van der Waals surface area (Å²) in [6.07, 6.45) is 1.49. The second kappa shape index (κ2) is 3.44. The molecule has 0 aromatic rings. The highest BCUT2D eigenvalue weighted by Crippen LogP contribution is 2.42. The van der Waals surface area contributed by atoms with Crippen molar-refractivity contribution < 1.29 is 17.9 Å². The summed E-state index contributed by atoms with van der Waals surface area (Å²) in [5.74, 6) is -0.0869. The van der Waals surface area contributed by atoms with Crippen molar-refractivity contribution in [2.45, 2.75) is 18.9 Å². The summed E-state index contributed by atoms with van der Waals surface area (Å²) in [6, 6.07) is 0. The predicted octanol–water partition coefficient (Wildman–Crippen LogP) is -0.529. The molecule has 0 amide bonds. The van der Waals surface area contributed by atoms with Gasteiger partial charge in [-0.3, -0.25) is 0 Å². The molecule has 2 saturated heterocycles. The largest absolute Gasteiger partial charge is 0.381 e. The van der Waals surface area contributed by atoms with Crippen LogP contribution in [0.5, 0.6) is 0 Å². The fourth-order valence-corrected chi connectivity index (χ4v) is 3.12. The van der Waals surface area contributed by atoms with Gasteiger partial charge in [0.1, 0.15) is 0 Å². The lowest BCUT2D eigenvalue weighted by Gasteiger charge is -2.26. The topological polar surface area (TPSA) is 78.6 Å². The van der Waals surface area contributed by atoms with E-state index in [0.29, 0.717) is 19.8 Å². The zero-order valence-corrected chi connectivity index (χ0v) is 8.76. The lowest BCUT2D eigenvalue weighted by Crippen LogP contribution is -2.38. The molecule has 0 aromatic carbocycles. The van der Waals surface area contributed by atoms with E-state index < -0.39 is 10.0 Å². The van der Waals surface area contributed by atoms with Crippen LogP contribution in [-0.4, -0.2) is 40.1 Å². The number of hydrogen-bond acceptors (Lipinski definition) is 4. The third-order valence-electron chi connectivity index (χ3n) is 3.12. The van der Waals surface area contributed by atoms with Gasteiger partial charge in [-0.25, -0.2) is 13.6 Å². The van der Waals surface area contributed by atoms with Crippen molar-refractivity contribution in [1.82, 2.24) is 0 Å². The van der Waals surface area contributed by atoms with E-state index in [1.54, 1.807) is 0 Å². The smallest absolute Gasteiger partial charge is 0.211 e. The van der Waals surface area contributed by atoms with Gasteiger partial charge in [-0.15, -0.1) is 0 Å². The van der Waals surface area contributed by atoms with E-state index in [-0.39, 0.29) is 17.3 Å². The first-order valence-corrected chi connectivity index (χ1v) is 6.43. The van der Waals surface area contributed by atoms with Gasteiger partial charge in [-0.05, 0) is 12.8 Å². The summed E-state index contributed by atoms with van der Waals surface area (Å²) in [6.45, 7) is 1.92. The Kier molecular flexibility index (Phi) is 2.55. The van der Waals surface area contributed by atoms with Crippen molar-refractivity contribution in [3.05, 3.63) is 0 Å². The van der Waals surface area contributed by atoms with Crippen LogP contribution < -0.4 is 5.14 Å². The Balaban J connectivity index is 2.11. The van der Waals surface area contributed by atoms with E-state index >= 15 is 0 Å².